The van der Waals surface area contributed by atoms with Crippen molar-refractivity contribution < 1.29 is 4.79 Å². The van der Waals surface area contributed by atoms with Gasteiger partial charge in [0, 0.05) is 52.1 Å². The Balaban J connectivity index is 2.02. The number of halogens is 1. The second-order valence-electron chi connectivity index (χ2n) is 7.26. The smallest absolute Gasteiger partial charge is 0.259 e. The summed E-state index contributed by atoms with van der Waals surface area (Å²) in [4.78, 5) is 29.2. The number of carbonyl (C=O) groups is 1. The van der Waals surface area contributed by atoms with Gasteiger partial charge in [-0.05, 0) is 61.4 Å². The maximum absolute atomic E-state index is 13.4. The Labute approximate surface area is 189 Å². The van der Waals surface area contributed by atoms with Gasteiger partial charge in [0.15, 0.2) is 5.43 Å². The number of nitrogens with zero attached hydrogens (tertiary/aromatic N) is 2. The number of carbonyl (C=O) groups excluding carboxylic acids is 1. The summed E-state index contributed by atoms with van der Waals surface area (Å²) in [5.41, 5.74) is 3.83. The van der Waals surface area contributed by atoms with Crippen molar-refractivity contribution in [2.24, 2.45) is 0 Å². The molecule has 0 radical (unpaired) electrons. The molecule has 1 unspecified atom stereocenters. The molecule has 0 saturated carbocycles. The van der Waals surface area contributed by atoms with E-state index in [4.69, 9.17) is 11.6 Å². The molecule has 1 aliphatic rings. The number of rotatable bonds is 4. The Hall–Kier alpha value is -2.02. The maximum Gasteiger partial charge on any atom is 0.259 e. The van der Waals surface area contributed by atoms with Crippen LogP contribution in [0.1, 0.15) is 46.4 Å². The van der Waals surface area contributed by atoms with Crippen LogP contribution in [0.15, 0.2) is 50.8 Å². The number of fused-ring (bicyclic) bond motifs is 3. The van der Waals surface area contributed by atoms with Crippen LogP contribution >= 0.6 is 34.7 Å². The Bertz CT molecular complexity index is 1150. The van der Waals surface area contributed by atoms with Gasteiger partial charge in [-0.3, -0.25) is 9.59 Å². The van der Waals surface area contributed by atoms with Gasteiger partial charge in [-0.25, -0.2) is 0 Å². The zero-order chi connectivity index (χ0) is 21.4. The largest absolute Gasteiger partial charge is 0.339 e. The number of aromatic nitrogens is 1. The van der Waals surface area contributed by atoms with Crippen LogP contribution in [0.4, 0.5) is 0 Å². The number of benzene rings is 1. The average molecular weight is 459 g/mol. The normalized spacial score (nSPS) is 15.3. The third-order valence-electron chi connectivity index (χ3n) is 5.49. The molecular weight excluding hydrogens is 436 g/mol. The molecule has 30 heavy (non-hydrogen) atoms. The molecule has 0 fully saturated rings. The minimum Gasteiger partial charge on any atom is -0.339 e. The van der Waals surface area contributed by atoms with Crippen molar-refractivity contribution in [2.45, 2.75) is 37.3 Å². The SMILES string of the molecule is CCN(CC)C(=O)c1c2n(c(C)cc1=O)-c1ccc(Cl)cc1SC(c1ccsc1)C2. The number of thioether (sulfide) groups is 1. The lowest BCUT2D eigenvalue weighted by atomic mass is 10.0. The van der Waals surface area contributed by atoms with Crippen molar-refractivity contribution in [3.63, 3.8) is 0 Å². The molecule has 0 saturated heterocycles. The van der Waals surface area contributed by atoms with E-state index in [0.29, 0.717) is 24.5 Å². The molecule has 156 valence electrons. The molecular formula is C23H23ClN2O2S2. The first-order valence-corrected chi connectivity index (χ1v) is 12.2. The summed E-state index contributed by atoms with van der Waals surface area (Å²) in [7, 11) is 0. The van der Waals surface area contributed by atoms with Gasteiger partial charge in [-0.2, -0.15) is 11.3 Å². The molecule has 0 N–H and O–H groups in total. The minimum absolute atomic E-state index is 0.0895. The van der Waals surface area contributed by atoms with Crippen LogP contribution in [0.2, 0.25) is 5.02 Å². The second-order valence-corrected chi connectivity index (χ2v) is 9.72. The Kier molecular flexibility index (Phi) is 6.09. The number of hydrogen-bond acceptors (Lipinski definition) is 4. The van der Waals surface area contributed by atoms with Crippen molar-refractivity contribution >= 4 is 40.6 Å². The highest BCUT2D eigenvalue weighted by Crippen LogP contribution is 2.45. The highest BCUT2D eigenvalue weighted by Gasteiger charge is 2.30. The summed E-state index contributed by atoms with van der Waals surface area (Å²) < 4.78 is 2.07. The van der Waals surface area contributed by atoms with E-state index < -0.39 is 0 Å². The van der Waals surface area contributed by atoms with Crippen molar-refractivity contribution in [1.29, 1.82) is 0 Å². The molecule has 0 spiro atoms. The number of hydrogen-bond donors (Lipinski definition) is 0. The highest BCUT2D eigenvalue weighted by molar-refractivity contribution is 7.99. The molecule has 1 aliphatic heterocycles. The fraction of sp³-hybridized carbons (Fsp3) is 0.304. The van der Waals surface area contributed by atoms with Crippen molar-refractivity contribution in [1.82, 2.24) is 9.47 Å². The number of thiophene rings is 1. The van der Waals surface area contributed by atoms with E-state index in [-0.39, 0.29) is 22.1 Å². The van der Waals surface area contributed by atoms with Gasteiger partial charge in [0.2, 0.25) is 0 Å². The second kappa shape index (κ2) is 8.61. The summed E-state index contributed by atoms with van der Waals surface area (Å²) in [6, 6.07) is 9.50. The standard InChI is InChI=1S/C23H23ClN2O2S2/c1-4-25(5-2)23(28)22-18-12-20(15-8-9-29-13-15)30-21-11-16(24)6-7-17(21)26(18)14(3)10-19(22)27/h6-11,13,20H,4-5,12H2,1-3H3. The molecule has 3 aromatic rings. The molecule has 1 atom stereocenters. The van der Waals surface area contributed by atoms with Crippen LogP contribution in [-0.2, 0) is 6.42 Å². The van der Waals surface area contributed by atoms with Crippen LogP contribution in [0.3, 0.4) is 0 Å². The van der Waals surface area contributed by atoms with Gasteiger partial charge in [0.1, 0.15) is 5.56 Å². The van der Waals surface area contributed by atoms with Crippen molar-refractivity contribution in [2.75, 3.05) is 13.1 Å². The van der Waals surface area contributed by atoms with Gasteiger partial charge in [-0.1, -0.05) is 11.6 Å². The van der Waals surface area contributed by atoms with E-state index in [0.717, 1.165) is 22.0 Å². The maximum atomic E-state index is 13.4. The van der Waals surface area contributed by atoms with E-state index in [1.807, 2.05) is 39.0 Å². The van der Waals surface area contributed by atoms with E-state index >= 15 is 0 Å². The van der Waals surface area contributed by atoms with Crippen molar-refractivity contribution in [3.05, 3.63) is 78.9 Å². The third-order valence-corrected chi connectivity index (χ3v) is 7.73. The fourth-order valence-electron chi connectivity index (χ4n) is 4.00. The Morgan fingerprint density at radius 2 is 2.00 bits per heavy atom. The molecule has 2 aromatic heterocycles. The van der Waals surface area contributed by atoms with E-state index in [1.54, 1.807) is 34.1 Å². The van der Waals surface area contributed by atoms with E-state index in [2.05, 4.69) is 21.4 Å². The minimum atomic E-state index is -0.206. The van der Waals surface area contributed by atoms with Crippen LogP contribution in [0.5, 0.6) is 0 Å². The summed E-state index contributed by atoms with van der Waals surface area (Å²) >= 11 is 9.71. The fourth-order valence-corrected chi connectivity index (χ4v) is 6.34. The average Bonchev–Trinajstić information content (AvgIpc) is 3.18. The van der Waals surface area contributed by atoms with Crippen LogP contribution < -0.4 is 5.43 Å². The number of amides is 1. The first kappa shape index (κ1) is 21.2. The molecule has 0 aliphatic carbocycles. The summed E-state index contributed by atoms with van der Waals surface area (Å²) in [5, 5.41) is 4.96. The first-order chi connectivity index (χ1) is 14.4. The van der Waals surface area contributed by atoms with Gasteiger partial charge < -0.3 is 9.47 Å². The Morgan fingerprint density at radius 1 is 1.23 bits per heavy atom. The lowest BCUT2D eigenvalue weighted by Gasteiger charge is -2.24. The van der Waals surface area contributed by atoms with Gasteiger partial charge in [-0.15, -0.1) is 11.8 Å². The zero-order valence-electron chi connectivity index (χ0n) is 17.1. The molecule has 0 bridgehead atoms. The number of aryl methyl sites for hydroxylation is 1. The molecule has 1 amide bonds. The predicted octanol–water partition coefficient (Wildman–Crippen LogP) is 5.73. The summed E-state index contributed by atoms with van der Waals surface area (Å²) in [6.07, 6.45) is 0.590. The lowest BCUT2D eigenvalue weighted by molar-refractivity contribution is 0.0769. The predicted molar refractivity (Wildman–Crippen MR) is 126 cm³/mol. The van der Waals surface area contributed by atoms with E-state index in [1.165, 1.54) is 5.56 Å². The van der Waals surface area contributed by atoms with Gasteiger partial charge in [0.25, 0.3) is 5.91 Å². The lowest BCUT2D eigenvalue weighted by Crippen LogP contribution is -2.36. The Morgan fingerprint density at radius 3 is 2.67 bits per heavy atom. The monoisotopic (exact) mass is 458 g/mol. The number of pyridine rings is 1. The topological polar surface area (TPSA) is 42.3 Å². The van der Waals surface area contributed by atoms with Crippen LogP contribution in [0, 0.1) is 6.92 Å². The molecule has 7 heteroatoms. The summed E-state index contributed by atoms with van der Waals surface area (Å²) in [5.74, 6) is -0.194. The van der Waals surface area contributed by atoms with Crippen molar-refractivity contribution in [3.8, 4) is 5.69 Å². The van der Waals surface area contributed by atoms with E-state index in [9.17, 15) is 9.59 Å². The highest BCUT2D eigenvalue weighted by atomic mass is 35.5. The van der Waals surface area contributed by atoms with Gasteiger partial charge >= 0.3 is 0 Å². The quantitative estimate of drug-likeness (QED) is 0.501. The molecule has 4 rings (SSSR count). The first-order valence-electron chi connectivity index (χ1n) is 9.98. The molecule has 4 nitrogen and oxygen atoms in total. The van der Waals surface area contributed by atoms with Crippen LogP contribution in [0.25, 0.3) is 5.69 Å². The zero-order valence-corrected chi connectivity index (χ0v) is 19.5. The summed E-state index contributed by atoms with van der Waals surface area (Å²) in [6.45, 7) is 6.93. The molecule has 1 aromatic carbocycles. The third kappa shape index (κ3) is 3.72. The van der Waals surface area contributed by atoms with Gasteiger partial charge in [0.05, 0.1) is 5.69 Å². The molecule has 3 heterocycles. The van der Waals surface area contributed by atoms with Crippen LogP contribution in [-0.4, -0.2) is 28.5 Å².